The van der Waals surface area contributed by atoms with Crippen molar-refractivity contribution < 1.29 is 28.6 Å². The standard InChI is InChI=1S/C20H21NO6/c1-3-26-19(23)16(21-18(22)14-10-6-4-7-11-14)17(20(24)25-2)27-15-12-8-5-9-13-15/h4-13,16-17H,3H2,1-2H3,(H,21,22)/t16-,17-/m1/s1. The van der Waals surface area contributed by atoms with Gasteiger partial charge in [-0.15, -0.1) is 0 Å². The SMILES string of the molecule is CCOC(=O)[C@H](NC(=O)c1ccccc1)[C@@H](Oc1ccccc1)C(=O)OC. The molecule has 0 aliphatic heterocycles. The highest BCUT2D eigenvalue weighted by Gasteiger charge is 2.39. The van der Waals surface area contributed by atoms with E-state index >= 15 is 0 Å². The first-order valence-corrected chi connectivity index (χ1v) is 8.39. The lowest BCUT2D eigenvalue weighted by Gasteiger charge is -2.25. The summed E-state index contributed by atoms with van der Waals surface area (Å²) in [6, 6.07) is 15.4. The largest absolute Gasteiger partial charge is 0.476 e. The highest BCUT2D eigenvalue weighted by atomic mass is 16.6. The Labute approximate surface area is 157 Å². The van der Waals surface area contributed by atoms with Crippen molar-refractivity contribution in [3.8, 4) is 5.75 Å². The van der Waals surface area contributed by atoms with Gasteiger partial charge in [-0.25, -0.2) is 9.59 Å². The minimum atomic E-state index is -1.41. The van der Waals surface area contributed by atoms with Crippen molar-refractivity contribution in [3.63, 3.8) is 0 Å². The Morgan fingerprint density at radius 2 is 1.52 bits per heavy atom. The molecule has 1 N–H and O–H groups in total. The lowest BCUT2D eigenvalue weighted by Crippen LogP contribution is -2.55. The van der Waals surface area contributed by atoms with E-state index in [0.29, 0.717) is 11.3 Å². The van der Waals surface area contributed by atoms with Crippen molar-refractivity contribution in [1.82, 2.24) is 5.32 Å². The molecule has 0 unspecified atom stereocenters. The van der Waals surface area contributed by atoms with Gasteiger partial charge < -0.3 is 19.5 Å². The van der Waals surface area contributed by atoms with Gasteiger partial charge in [0.15, 0.2) is 6.04 Å². The minimum absolute atomic E-state index is 0.0791. The van der Waals surface area contributed by atoms with Gasteiger partial charge in [0.25, 0.3) is 5.91 Å². The number of hydrogen-bond acceptors (Lipinski definition) is 6. The zero-order valence-electron chi connectivity index (χ0n) is 15.1. The molecule has 0 radical (unpaired) electrons. The van der Waals surface area contributed by atoms with Crippen molar-refractivity contribution in [2.45, 2.75) is 19.1 Å². The predicted molar refractivity (Wildman–Crippen MR) is 97.2 cm³/mol. The Kier molecular flexibility index (Phi) is 7.37. The zero-order chi connectivity index (χ0) is 19.6. The predicted octanol–water partition coefficient (Wildman–Crippen LogP) is 1.97. The van der Waals surface area contributed by atoms with Crippen LogP contribution in [0.25, 0.3) is 0 Å². The highest BCUT2D eigenvalue weighted by Crippen LogP contribution is 2.15. The van der Waals surface area contributed by atoms with Crippen molar-refractivity contribution in [3.05, 3.63) is 66.2 Å². The molecule has 0 spiro atoms. The Balaban J connectivity index is 2.30. The lowest BCUT2D eigenvalue weighted by molar-refractivity contribution is -0.159. The molecular formula is C20H21NO6. The van der Waals surface area contributed by atoms with E-state index in [-0.39, 0.29) is 6.61 Å². The fourth-order valence-corrected chi connectivity index (χ4v) is 2.32. The van der Waals surface area contributed by atoms with Crippen LogP contribution in [0.1, 0.15) is 17.3 Å². The first-order chi connectivity index (χ1) is 13.1. The number of methoxy groups -OCH3 is 1. The Bertz CT molecular complexity index is 763. The highest BCUT2D eigenvalue weighted by molar-refractivity contribution is 5.98. The fraction of sp³-hybridized carbons (Fsp3) is 0.250. The van der Waals surface area contributed by atoms with E-state index in [0.717, 1.165) is 0 Å². The molecule has 2 aromatic carbocycles. The van der Waals surface area contributed by atoms with Crippen molar-refractivity contribution in [2.24, 2.45) is 0 Å². The van der Waals surface area contributed by atoms with Gasteiger partial charge in [-0.3, -0.25) is 4.79 Å². The van der Waals surface area contributed by atoms with Gasteiger partial charge in [0.1, 0.15) is 5.75 Å². The second-order valence-electron chi connectivity index (χ2n) is 5.44. The number of ether oxygens (including phenoxy) is 3. The molecule has 27 heavy (non-hydrogen) atoms. The first-order valence-electron chi connectivity index (χ1n) is 8.39. The summed E-state index contributed by atoms with van der Waals surface area (Å²) in [4.78, 5) is 37.2. The average Bonchev–Trinajstić information content (AvgIpc) is 2.71. The maximum atomic E-state index is 12.5. The summed E-state index contributed by atoms with van der Waals surface area (Å²) >= 11 is 0. The van der Waals surface area contributed by atoms with Gasteiger partial charge in [-0.2, -0.15) is 0 Å². The topological polar surface area (TPSA) is 90.9 Å². The Hall–Kier alpha value is -3.35. The molecule has 7 nitrogen and oxygen atoms in total. The van der Waals surface area contributed by atoms with E-state index in [1.54, 1.807) is 67.6 Å². The molecule has 0 saturated heterocycles. The second kappa shape index (κ2) is 9.96. The molecule has 0 aromatic heterocycles. The molecule has 0 saturated carbocycles. The van der Waals surface area contributed by atoms with E-state index in [1.807, 2.05) is 0 Å². The molecule has 0 aliphatic rings. The molecule has 0 heterocycles. The van der Waals surface area contributed by atoms with Crippen LogP contribution in [0.3, 0.4) is 0 Å². The normalized spacial score (nSPS) is 12.4. The fourth-order valence-electron chi connectivity index (χ4n) is 2.32. The molecule has 142 valence electrons. The third kappa shape index (κ3) is 5.57. The minimum Gasteiger partial charge on any atom is -0.476 e. The van der Waals surface area contributed by atoms with Crippen LogP contribution in [-0.4, -0.2) is 43.7 Å². The van der Waals surface area contributed by atoms with E-state index in [4.69, 9.17) is 14.2 Å². The summed E-state index contributed by atoms with van der Waals surface area (Å²) in [6.07, 6.45) is -1.41. The van der Waals surface area contributed by atoms with Crippen LogP contribution in [0.15, 0.2) is 60.7 Å². The molecule has 7 heteroatoms. The number of rotatable bonds is 8. The molecule has 1 amide bonds. The van der Waals surface area contributed by atoms with Crippen LogP contribution < -0.4 is 10.1 Å². The molecule has 2 aromatic rings. The van der Waals surface area contributed by atoms with E-state index in [1.165, 1.54) is 7.11 Å². The van der Waals surface area contributed by atoms with Crippen LogP contribution in [0.2, 0.25) is 0 Å². The van der Waals surface area contributed by atoms with Crippen LogP contribution in [0.4, 0.5) is 0 Å². The maximum Gasteiger partial charge on any atom is 0.349 e. The van der Waals surface area contributed by atoms with E-state index in [2.05, 4.69) is 5.32 Å². The number of benzene rings is 2. The summed E-state index contributed by atoms with van der Waals surface area (Å²) in [7, 11) is 1.17. The quantitative estimate of drug-likeness (QED) is 0.714. The number of amides is 1. The third-order valence-corrected chi connectivity index (χ3v) is 3.61. The van der Waals surface area contributed by atoms with Crippen LogP contribution in [0.5, 0.6) is 5.75 Å². The third-order valence-electron chi connectivity index (χ3n) is 3.61. The van der Waals surface area contributed by atoms with Crippen LogP contribution in [0, 0.1) is 0 Å². The number of carbonyl (C=O) groups excluding carboxylic acids is 3. The molecule has 2 rings (SSSR count). The maximum absolute atomic E-state index is 12.5. The van der Waals surface area contributed by atoms with Gasteiger partial charge in [0, 0.05) is 5.56 Å². The van der Waals surface area contributed by atoms with Gasteiger partial charge in [-0.1, -0.05) is 36.4 Å². The smallest absolute Gasteiger partial charge is 0.349 e. The summed E-state index contributed by atoms with van der Waals surface area (Å²) in [5, 5.41) is 2.51. The summed E-state index contributed by atoms with van der Waals surface area (Å²) < 4.78 is 15.4. The monoisotopic (exact) mass is 371 g/mol. The number of para-hydroxylation sites is 1. The number of nitrogens with one attached hydrogen (secondary N) is 1. The van der Waals surface area contributed by atoms with Crippen LogP contribution >= 0.6 is 0 Å². The van der Waals surface area contributed by atoms with Gasteiger partial charge in [-0.05, 0) is 31.2 Å². The van der Waals surface area contributed by atoms with Gasteiger partial charge in [0.05, 0.1) is 13.7 Å². The average molecular weight is 371 g/mol. The molecule has 0 aliphatic carbocycles. The second-order valence-corrected chi connectivity index (χ2v) is 5.44. The van der Waals surface area contributed by atoms with E-state index < -0.39 is 30.0 Å². The van der Waals surface area contributed by atoms with Gasteiger partial charge >= 0.3 is 11.9 Å². The number of esters is 2. The van der Waals surface area contributed by atoms with Gasteiger partial charge in [0.2, 0.25) is 6.10 Å². The van der Waals surface area contributed by atoms with E-state index in [9.17, 15) is 14.4 Å². The summed E-state index contributed by atoms with van der Waals surface area (Å²) in [5.41, 5.74) is 0.329. The van der Waals surface area contributed by atoms with Crippen molar-refractivity contribution >= 4 is 17.8 Å². The number of hydrogen-bond donors (Lipinski definition) is 1. The first kappa shape index (κ1) is 20.0. The van der Waals surface area contributed by atoms with Crippen molar-refractivity contribution in [2.75, 3.05) is 13.7 Å². The molecular weight excluding hydrogens is 350 g/mol. The lowest BCUT2D eigenvalue weighted by atomic mass is 10.1. The molecule has 0 fully saturated rings. The zero-order valence-corrected chi connectivity index (χ0v) is 15.1. The Morgan fingerprint density at radius 1 is 0.926 bits per heavy atom. The summed E-state index contributed by atoms with van der Waals surface area (Å²) in [6.45, 7) is 1.70. The van der Waals surface area contributed by atoms with Crippen molar-refractivity contribution in [1.29, 1.82) is 0 Å². The molecule has 0 bridgehead atoms. The summed E-state index contributed by atoms with van der Waals surface area (Å²) in [5.74, 6) is -1.81. The Morgan fingerprint density at radius 3 is 2.07 bits per heavy atom. The number of carbonyl (C=O) groups is 3. The van der Waals surface area contributed by atoms with Crippen LogP contribution in [-0.2, 0) is 19.1 Å². The molecule has 2 atom stereocenters.